The summed E-state index contributed by atoms with van der Waals surface area (Å²) in [4.78, 5) is 3.95. The number of rotatable bonds is 5. The van der Waals surface area contributed by atoms with Gasteiger partial charge in [-0.1, -0.05) is 12.1 Å². The van der Waals surface area contributed by atoms with Crippen molar-refractivity contribution in [3.63, 3.8) is 0 Å². The summed E-state index contributed by atoms with van der Waals surface area (Å²) in [5.41, 5.74) is 3.39. The largest absolute Gasteiger partial charge is 0.472 e. The SMILES string of the molecule is CC(Nc1cccc(Cn2cncn2)c1)c1ccoc1. The molecule has 20 heavy (non-hydrogen) atoms. The number of nitrogens with one attached hydrogen (secondary N) is 1. The maximum Gasteiger partial charge on any atom is 0.137 e. The molecule has 1 atom stereocenters. The summed E-state index contributed by atoms with van der Waals surface area (Å²) >= 11 is 0. The molecule has 3 aromatic rings. The first kappa shape index (κ1) is 12.5. The van der Waals surface area contributed by atoms with Crippen LogP contribution in [0, 0.1) is 0 Å². The van der Waals surface area contributed by atoms with Crippen LogP contribution in [-0.2, 0) is 6.54 Å². The summed E-state index contributed by atoms with van der Waals surface area (Å²) in [7, 11) is 0. The zero-order valence-electron chi connectivity index (χ0n) is 11.2. The number of furan rings is 1. The average molecular weight is 268 g/mol. The minimum Gasteiger partial charge on any atom is -0.472 e. The topological polar surface area (TPSA) is 55.9 Å². The summed E-state index contributed by atoms with van der Waals surface area (Å²) in [6.07, 6.45) is 6.71. The van der Waals surface area contributed by atoms with Crippen molar-refractivity contribution in [1.82, 2.24) is 14.8 Å². The highest BCUT2D eigenvalue weighted by atomic mass is 16.3. The number of anilines is 1. The van der Waals surface area contributed by atoms with E-state index in [0.29, 0.717) is 0 Å². The standard InChI is InChI=1S/C15H16N4O/c1-12(14-5-6-20-9-14)18-15-4-2-3-13(7-15)8-19-11-16-10-17-19/h2-7,9-12,18H,8H2,1H3. The van der Waals surface area contributed by atoms with Crippen molar-refractivity contribution < 1.29 is 4.42 Å². The Balaban J connectivity index is 1.71. The second-order valence-corrected chi connectivity index (χ2v) is 4.72. The van der Waals surface area contributed by atoms with E-state index in [-0.39, 0.29) is 6.04 Å². The van der Waals surface area contributed by atoms with Crippen LogP contribution in [0.15, 0.2) is 59.9 Å². The molecule has 1 aromatic carbocycles. The Kier molecular flexibility index (Phi) is 3.50. The Morgan fingerprint density at radius 3 is 3.05 bits per heavy atom. The average Bonchev–Trinajstić information content (AvgIpc) is 3.12. The van der Waals surface area contributed by atoms with Gasteiger partial charge in [-0.25, -0.2) is 9.67 Å². The Morgan fingerprint density at radius 1 is 1.35 bits per heavy atom. The fourth-order valence-corrected chi connectivity index (χ4v) is 2.12. The lowest BCUT2D eigenvalue weighted by Crippen LogP contribution is -2.06. The smallest absolute Gasteiger partial charge is 0.137 e. The molecule has 2 aromatic heterocycles. The van der Waals surface area contributed by atoms with Crippen molar-refractivity contribution in [3.8, 4) is 0 Å². The Hall–Kier alpha value is -2.56. The number of nitrogens with zero attached hydrogens (tertiary/aromatic N) is 3. The third-order valence-corrected chi connectivity index (χ3v) is 3.16. The van der Waals surface area contributed by atoms with Crippen LogP contribution in [0.1, 0.15) is 24.1 Å². The van der Waals surface area contributed by atoms with Gasteiger partial charge in [0.1, 0.15) is 12.7 Å². The monoisotopic (exact) mass is 268 g/mol. The second kappa shape index (κ2) is 5.61. The highest BCUT2D eigenvalue weighted by molar-refractivity contribution is 5.47. The number of aromatic nitrogens is 3. The van der Waals surface area contributed by atoms with Gasteiger partial charge in [0, 0.05) is 11.3 Å². The molecule has 0 saturated carbocycles. The van der Waals surface area contributed by atoms with Crippen molar-refractivity contribution in [2.75, 3.05) is 5.32 Å². The van der Waals surface area contributed by atoms with Gasteiger partial charge in [-0.2, -0.15) is 5.10 Å². The molecule has 3 rings (SSSR count). The number of hydrogen-bond donors (Lipinski definition) is 1. The van der Waals surface area contributed by atoms with Gasteiger partial charge in [0.05, 0.1) is 25.1 Å². The highest BCUT2D eigenvalue weighted by Gasteiger charge is 2.06. The van der Waals surface area contributed by atoms with Crippen LogP contribution in [0.5, 0.6) is 0 Å². The molecule has 102 valence electrons. The summed E-state index contributed by atoms with van der Waals surface area (Å²) in [6.45, 7) is 2.82. The third kappa shape index (κ3) is 2.88. The van der Waals surface area contributed by atoms with Gasteiger partial charge in [-0.3, -0.25) is 0 Å². The van der Waals surface area contributed by atoms with E-state index in [9.17, 15) is 0 Å². The lowest BCUT2D eigenvalue weighted by molar-refractivity contribution is 0.562. The molecule has 5 nitrogen and oxygen atoms in total. The first-order valence-corrected chi connectivity index (χ1v) is 6.51. The van der Waals surface area contributed by atoms with Gasteiger partial charge in [-0.15, -0.1) is 0 Å². The van der Waals surface area contributed by atoms with Crippen LogP contribution >= 0.6 is 0 Å². The first-order valence-electron chi connectivity index (χ1n) is 6.51. The maximum atomic E-state index is 5.11. The zero-order chi connectivity index (χ0) is 13.8. The molecule has 0 aliphatic carbocycles. The quantitative estimate of drug-likeness (QED) is 0.772. The van der Waals surface area contributed by atoms with Crippen molar-refractivity contribution in [3.05, 3.63) is 66.6 Å². The van der Waals surface area contributed by atoms with Gasteiger partial charge < -0.3 is 9.73 Å². The van der Waals surface area contributed by atoms with Crippen molar-refractivity contribution in [2.24, 2.45) is 0 Å². The van der Waals surface area contributed by atoms with E-state index < -0.39 is 0 Å². The molecule has 2 heterocycles. The van der Waals surface area contributed by atoms with Crippen LogP contribution < -0.4 is 5.32 Å². The van der Waals surface area contributed by atoms with Crippen LogP contribution in [0.3, 0.4) is 0 Å². The first-order chi connectivity index (χ1) is 9.81. The van der Waals surface area contributed by atoms with Gasteiger partial charge >= 0.3 is 0 Å². The molecule has 0 saturated heterocycles. The van der Waals surface area contributed by atoms with E-state index in [0.717, 1.165) is 17.8 Å². The molecule has 0 amide bonds. The van der Waals surface area contributed by atoms with Gasteiger partial charge in [0.2, 0.25) is 0 Å². The summed E-state index contributed by atoms with van der Waals surface area (Å²) in [5.74, 6) is 0. The fourth-order valence-electron chi connectivity index (χ4n) is 2.12. The molecule has 0 aliphatic rings. The summed E-state index contributed by atoms with van der Waals surface area (Å²) in [5, 5.41) is 7.57. The number of benzene rings is 1. The van der Waals surface area contributed by atoms with Crippen LogP contribution in [0.4, 0.5) is 5.69 Å². The Bertz CT molecular complexity index is 646. The van der Waals surface area contributed by atoms with Crippen LogP contribution in [0.2, 0.25) is 0 Å². The molecular formula is C15H16N4O. The molecule has 0 spiro atoms. The molecule has 5 heteroatoms. The second-order valence-electron chi connectivity index (χ2n) is 4.72. The van der Waals surface area contributed by atoms with E-state index in [1.807, 2.05) is 12.1 Å². The van der Waals surface area contributed by atoms with Crippen LogP contribution in [-0.4, -0.2) is 14.8 Å². The lowest BCUT2D eigenvalue weighted by atomic mass is 10.1. The van der Waals surface area contributed by atoms with E-state index >= 15 is 0 Å². The lowest BCUT2D eigenvalue weighted by Gasteiger charge is -2.14. The normalized spacial score (nSPS) is 12.2. The molecule has 0 aliphatic heterocycles. The summed E-state index contributed by atoms with van der Waals surface area (Å²) in [6, 6.07) is 10.5. The highest BCUT2D eigenvalue weighted by Crippen LogP contribution is 2.20. The molecule has 0 radical (unpaired) electrons. The fraction of sp³-hybridized carbons (Fsp3) is 0.200. The van der Waals surface area contributed by atoms with Gasteiger partial charge in [0.25, 0.3) is 0 Å². The molecule has 0 fully saturated rings. The van der Waals surface area contributed by atoms with Crippen molar-refractivity contribution in [1.29, 1.82) is 0 Å². The third-order valence-electron chi connectivity index (χ3n) is 3.16. The Labute approximate surface area is 117 Å². The molecule has 1 N–H and O–H groups in total. The van der Waals surface area contributed by atoms with E-state index in [2.05, 4.69) is 40.5 Å². The minimum absolute atomic E-state index is 0.204. The van der Waals surface area contributed by atoms with E-state index in [1.165, 1.54) is 5.56 Å². The van der Waals surface area contributed by atoms with E-state index in [1.54, 1.807) is 29.9 Å². The van der Waals surface area contributed by atoms with Crippen LogP contribution in [0.25, 0.3) is 0 Å². The van der Waals surface area contributed by atoms with Gasteiger partial charge in [0.15, 0.2) is 0 Å². The Morgan fingerprint density at radius 2 is 2.30 bits per heavy atom. The molecule has 0 bridgehead atoms. The van der Waals surface area contributed by atoms with Crippen molar-refractivity contribution >= 4 is 5.69 Å². The predicted octanol–water partition coefficient (Wildman–Crippen LogP) is 3.09. The zero-order valence-corrected chi connectivity index (χ0v) is 11.2. The number of hydrogen-bond acceptors (Lipinski definition) is 4. The predicted molar refractivity (Wildman–Crippen MR) is 76.3 cm³/mol. The van der Waals surface area contributed by atoms with Gasteiger partial charge in [-0.05, 0) is 30.7 Å². The molecule has 1 unspecified atom stereocenters. The molecular weight excluding hydrogens is 252 g/mol. The maximum absolute atomic E-state index is 5.11. The summed E-state index contributed by atoms with van der Waals surface area (Å²) < 4.78 is 6.91. The van der Waals surface area contributed by atoms with Crippen molar-refractivity contribution in [2.45, 2.75) is 19.5 Å². The van der Waals surface area contributed by atoms with E-state index in [4.69, 9.17) is 4.42 Å². The minimum atomic E-state index is 0.204.